The van der Waals surface area contributed by atoms with Crippen LogP contribution in [0.15, 0.2) is 30.5 Å². The third-order valence-electron chi connectivity index (χ3n) is 3.22. The average Bonchev–Trinajstić information content (AvgIpc) is 2.91. The van der Waals surface area contributed by atoms with E-state index < -0.39 is 11.6 Å². The summed E-state index contributed by atoms with van der Waals surface area (Å²) in [6.07, 6.45) is 2.68. The zero-order valence-electron chi connectivity index (χ0n) is 11.7. The van der Waals surface area contributed by atoms with Crippen LogP contribution < -0.4 is 5.32 Å². The zero-order chi connectivity index (χ0) is 14.5. The Morgan fingerprint density at radius 1 is 1.20 bits per heavy atom. The van der Waals surface area contributed by atoms with E-state index in [1.54, 1.807) is 12.3 Å². The number of aromatic nitrogens is 2. The van der Waals surface area contributed by atoms with Crippen molar-refractivity contribution in [3.05, 3.63) is 53.4 Å². The molecule has 0 saturated heterocycles. The van der Waals surface area contributed by atoms with E-state index in [1.165, 1.54) is 6.07 Å². The van der Waals surface area contributed by atoms with Crippen molar-refractivity contribution >= 4 is 0 Å². The minimum atomic E-state index is -0.827. The molecule has 5 heteroatoms. The molecule has 1 heterocycles. The molecular weight excluding hydrogens is 260 g/mol. The second-order valence-corrected chi connectivity index (χ2v) is 4.63. The van der Waals surface area contributed by atoms with Crippen LogP contribution in [0.5, 0.6) is 0 Å². The van der Waals surface area contributed by atoms with Crippen molar-refractivity contribution < 1.29 is 8.78 Å². The van der Waals surface area contributed by atoms with Crippen LogP contribution in [0.1, 0.15) is 37.6 Å². The molecule has 1 aromatic carbocycles. The lowest BCUT2D eigenvalue weighted by Gasteiger charge is -2.20. The number of benzene rings is 1. The SMILES string of the molecule is CCCNC(c1ccc(F)c(F)c1)c1ccnn1CC. The first-order chi connectivity index (χ1) is 9.67. The van der Waals surface area contributed by atoms with E-state index in [1.807, 2.05) is 17.7 Å². The van der Waals surface area contributed by atoms with Gasteiger partial charge in [-0.2, -0.15) is 5.10 Å². The van der Waals surface area contributed by atoms with Crippen LogP contribution >= 0.6 is 0 Å². The molecule has 0 aliphatic rings. The fourth-order valence-corrected chi connectivity index (χ4v) is 2.23. The number of aryl methyl sites for hydroxylation is 1. The molecule has 1 aromatic heterocycles. The first-order valence-corrected chi connectivity index (χ1v) is 6.87. The Kier molecular flexibility index (Phi) is 4.84. The van der Waals surface area contributed by atoms with Crippen LogP contribution in [0.4, 0.5) is 8.78 Å². The number of halogens is 2. The number of hydrogen-bond donors (Lipinski definition) is 1. The highest BCUT2D eigenvalue weighted by atomic mass is 19.2. The largest absolute Gasteiger partial charge is 0.305 e. The van der Waals surface area contributed by atoms with Crippen LogP contribution in [0.25, 0.3) is 0 Å². The smallest absolute Gasteiger partial charge is 0.159 e. The normalized spacial score (nSPS) is 12.6. The Bertz CT molecular complexity index is 566. The predicted molar refractivity (Wildman–Crippen MR) is 74.4 cm³/mol. The van der Waals surface area contributed by atoms with Gasteiger partial charge in [-0.3, -0.25) is 4.68 Å². The zero-order valence-corrected chi connectivity index (χ0v) is 11.7. The van der Waals surface area contributed by atoms with Crippen molar-refractivity contribution in [2.45, 2.75) is 32.9 Å². The van der Waals surface area contributed by atoms with E-state index in [9.17, 15) is 8.78 Å². The van der Waals surface area contributed by atoms with Gasteiger partial charge in [0.1, 0.15) is 0 Å². The van der Waals surface area contributed by atoms with Gasteiger partial charge in [0.15, 0.2) is 11.6 Å². The van der Waals surface area contributed by atoms with Crippen molar-refractivity contribution in [2.75, 3.05) is 6.54 Å². The monoisotopic (exact) mass is 279 g/mol. The molecule has 1 atom stereocenters. The van der Waals surface area contributed by atoms with Crippen LogP contribution in [-0.4, -0.2) is 16.3 Å². The second-order valence-electron chi connectivity index (χ2n) is 4.63. The molecule has 0 aliphatic carbocycles. The molecule has 0 saturated carbocycles. The molecule has 0 fully saturated rings. The summed E-state index contributed by atoms with van der Waals surface area (Å²) < 4.78 is 28.4. The van der Waals surface area contributed by atoms with E-state index in [0.29, 0.717) is 5.56 Å². The first kappa shape index (κ1) is 14.7. The molecule has 0 aliphatic heterocycles. The highest BCUT2D eigenvalue weighted by Crippen LogP contribution is 2.23. The number of rotatable bonds is 6. The van der Waals surface area contributed by atoms with Gasteiger partial charge in [-0.1, -0.05) is 13.0 Å². The van der Waals surface area contributed by atoms with Crippen molar-refractivity contribution in [1.29, 1.82) is 0 Å². The third-order valence-corrected chi connectivity index (χ3v) is 3.22. The molecule has 2 aromatic rings. The van der Waals surface area contributed by atoms with E-state index in [2.05, 4.69) is 17.3 Å². The Hall–Kier alpha value is -1.75. The van der Waals surface area contributed by atoms with Crippen molar-refractivity contribution in [3.63, 3.8) is 0 Å². The Morgan fingerprint density at radius 3 is 2.65 bits per heavy atom. The number of nitrogens with zero attached hydrogens (tertiary/aromatic N) is 2. The van der Waals surface area contributed by atoms with Gasteiger partial charge in [-0.05, 0) is 43.7 Å². The molecule has 3 nitrogen and oxygen atoms in total. The number of hydrogen-bond acceptors (Lipinski definition) is 2. The second kappa shape index (κ2) is 6.61. The quantitative estimate of drug-likeness (QED) is 0.879. The van der Waals surface area contributed by atoms with Crippen molar-refractivity contribution in [3.8, 4) is 0 Å². The summed E-state index contributed by atoms with van der Waals surface area (Å²) in [7, 11) is 0. The van der Waals surface area contributed by atoms with Gasteiger partial charge in [0.2, 0.25) is 0 Å². The van der Waals surface area contributed by atoms with Gasteiger partial charge < -0.3 is 5.32 Å². The van der Waals surface area contributed by atoms with E-state index >= 15 is 0 Å². The number of nitrogens with one attached hydrogen (secondary N) is 1. The van der Waals surface area contributed by atoms with Crippen LogP contribution in [0.2, 0.25) is 0 Å². The van der Waals surface area contributed by atoms with Gasteiger partial charge in [-0.15, -0.1) is 0 Å². The average molecular weight is 279 g/mol. The topological polar surface area (TPSA) is 29.9 Å². The summed E-state index contributed by atoms with van der Waals surface area (Å²) in [6.45, 7) is 5.58. The van der Waals surface area contributed by atoms with Gasteiger partial charge >= 0.3 is 0 Å². The lowest BCUT2D eigenvalue weighted by Crippen LogP contribution is -2.26. The van der Waals surface area contributed by atoms with Gasteiger partial charge in [0.25, 0.3) is 0 Å². The summed E-state index contributed by atoms with van der Waals surface area (Å²) in [5, 5.41) is 7.60. The predicted octanol–water partition coefficient (Wildman–Crippen LogP) is 3.27. The standard InChI is InChI=1S/C15H19F2N3/c1-3-8-18-15(14-7-9-19-20(14)4-2)11-5-6-12(16)13(17)10-11/h5-7,9-10,15,18H,3-4,8H2,1-2H3. The van der Waals surface area contributed by atoms with E-state index in [-0.39, 0.29) is 6.04 Å². The van der Waals surface area contributed by atoms with Crippen molar-refractivity contribution in [2.24, 2.45) is 0 Å². The molecule has 0 amide bonds. The first-order valence-electron chi connectivity index (χ1n) is 6.87. The van der Waals surface area contributed by atoms with Crippen molar-refractivity contribution in [1.82, 2.24) is 15.1 Å². The molecule has 1 N–H and O–H groups in total. The highest BCUT2D eigenvalue weighted by Gasteiger charge is 2.18. The summed E-state index contributed by atoms with van der Waals surface area (Å²) in [4.78, 5) is 0. The minimum Gasteiger partial charge on any atom is -0.305 e. The van der Waals surface area contributed by atoms with Gasteiger partial charge in [0, 0.05) is 12.7 Å². The van der Waals surface area contributed by atoms with Gasteiger partial charge in [-0.25, -0.2) is 8.78 Å². The lowest BCUT2D eigenvalue weighted by atomic mass is 10.0. The summed E-state index contributed by atoms with van der Waals surface area (Å²) in [6, 6.07) is 5.73. The van der Waals surface area contributed by atoms with Gasteiger partial charge in [0.05, 0.1) is 11.7 Å². The molecule has 108 valence electrons. The maximum atomic E-state index is 13.5. The molecule has 0 radical (unpaired) electrons. The lowest BCUT2D eigenvalue weighted by molar-refractivity contribution is 0.497. The maximum Gasteiger partial charge on any atom is 0.159 e. The Labute approximate surface area is 117 Å². The molecular formula is C15H19F2N3. The molecule has 0 spiro atoms. The summed E-state index contributed by atoms with van der Waals surface area (Å²) in [5.74, 6) is -1.65. The van der Waals surface area contributed by atoms with Crippen LogP contribution in [0.3, 0.4) is 0 Å². The molecule has 0 bridgehead atoms. The Morgan fingerprint density at radius 2 is 2.00 bits per heavy atom. The summed E-state index contributed by atoms with van der Waals surface area (Å²) in [5.41, 5.74) is 1.65. The van der Waals surface area contributed by atoms with Crippen LogP contribution in [0, 0.1) is 11.6 Å². The summed E-state index contributed by atoms with van der Waals surface area (Å²) >= 11 is 0. The Balaban J connectivity index is 2.38. The third kappa shape index (κ3) is 3.04. The van der Waals surface area contributed by atoms with Crippen LogP contribution in [-0.2, 0) is 6.54 Å². The molecule has 20 heavy (non-hydrogen) atoms. The van der Waals surface area contributed by atoms with E-state index in [0.717, 1.165) is 31.3 Å². The highest BCUT2D eigenvalue weighted by molar-refractivity contribution is 5.28. The minimum absolute atomic E-state index is 0.188. The maximum absolute atomic E-state index is 13.5. The fraction of sp³-hybridized carbons (Fsp3) is 0.400. The molecule has 1 unspecified atom stereocenters. The fourth-order valence-electron chi connectivity index (χ4n) is 2.23. The van der Waals surface area contributed by atoms with E-state index in [4.69, 9.17) is 0 Å². The molecule has 2 rings (SSSR count).